The molecule has 0 saturated carbocycles. The molecule has 3 aromatic rings. The molecule has 0 unspecified atom stereocenters. The summed E-state index contributed by atoms with van der Waals surface area (Å²) in [5.41, 5.74) is 9.43. The molecule has 0 amide bonds. The number of benzene rings is 2. The lowest BCUT2D eigenvalue weighted by atomic mass is 10.1. The van der Waals surface area contributed by atoms with Gasteiger partial charge in [0.2, 0.25) is 0 Å². The Balaban J connectivity index is 2.10. The van der Waals surface area contributed by atoms with Gasteiger partial charge in [0.15, 0.2) is 0 Å². The molecule has 112 valence electrons. The number of ether oxygens (including phenoxy) is 1. The van der Waals surface area contributed by atoms with Gasteiger partial charge in [-0.05, 0) is 30.7 Å². The highest BCUT2D eigenvalue weighted by atomic mass is 16.5. The van der Waals surface area contributed by atoms with E-state index in [9.17, 15) is 4.79 Å². The van der Waals surface area contributed by atoms with Crippen molar-refractivity contribution < 1.29 is 9.53 Å². The maximum Gasteiger partial charge on any atom is 0.340 e. The van der Waals surface area contributed by atoms with Crippen molar-refractivity contribution in [3.8, 4) is 0 Å². The van der Waals surface area contributed by atoms with Crippen LogP contribution in [0.2, 0.25) is 0 Å². The lowest BCUT2D eigenvalue weighted by Gasteiger charge is -2.08. The molecule has 0 aliphatic carbocycles. The molecular formula is C17H17N3O2. The van der Waals surface area contributed by atoms with Gasteiger partial charge in [0, 0.05) is 0 Å². The molecule has 3 rings (SSSR count). The van der Waals surface area contributed by atoms with Crippen molar-refractivity contribution in [2.24, 2.45) is 0 Å². The Morgan fingerprint density at radius 3 is 2.55 bits per heavy atom. The van der Waals surface area contributed by atoms with E-state index in [1.807, 2.05) is 25.1 Å². The van der Waals surface area contributed by atoms with Crippen LogP contribution in [0.5, 0.6) is 0 Å². The second-order valence-electron chi connectivity index (χ2n) is 5.10. The molecule has 5 heteroatoms. The molecule has 0 radical (unpaired) electrons. The molecule has 0 bridgehead atoms. The van der Waals surface area contributed by atoms with Gasteiger partial charge in [-0.2, -0.15) is 0 Å². The number of unbranched alkanes of at least 4 members (excludes halogenated alkanes) is 1. The Morgan fingerprint density at radius 2 is 1.77 bits per heavy atom. The summed E-state index contributed by atoms with van der Waals surface area (Å²) in [6.45, 7) is 2.47. The number of para-hydroxylation sites is 2. The number of rotatable bonds is 4. The highest BCUT2D eigenvalue weighted by Gasteiger charge is 2.14. The number of anilines is 1. The van der Waals surface area contributed by atoms with Crippen LogP contribution < -0.4 is 5.73 Å². The van der Waals surface area contributed by atoms with Gasteiger partial charge in [-0.25, -0.2) is 14.8 Å². The van der Waals surface area contributed by atoms with Crippen molar-refractivity contribution >= 4 is 33.7 Å². The third-order valence-electron chi connectivity index (χ3n) is 3.48. The summed E-state index contributed by atoms with van der Waals surface area (Å²) in [7, 11) is 0. The SMILES string of the molecule is CCCCOC(=O)c1cccc2nc3c(N)cccc3nc12. The summed E-state index contributed by atoms with van der Waals surface area (Å²) < 4.78 is 5.28. The molecule has 0 aliphatic rings. The van der Waals surface area contributed by atoms with Crippen LogP contribution >= 0.6 is 0 Å². The van der Waals surface area contributed by atoms with Crippen molar-refractivity contribution in [3.63, 3.8) is 0 Å². The number of hydrogen-bond donors (Lipinski definition) is 1. The predicted molar refractivity (Wildman–Crippen MR) is 86.6 cm³/mol. The van der Waals surface area contributed by atoms with Gasteiger partial charge in [-0.3, -0.25) is 0 Å². The molecule has 1 aromatic heterocycles. The monoisotopic (exact) mass is 295 g/mol. The summed E-state index contributed by atoms with van der Waals surface area (Å²) in [6, 6.07) is 10.7. The van der Waals surface area contributed by atoms with E-state index in [1.165, 1.54) is 0 Å². The van der Waals surface area contributed by atoms with E-state index in [0.29, 0.717) is 39.9 Å². The molecule has 5 nitrogen and oxygen atoms in total. The van der Waals surface area contributed by atoms with Crippen LogP contribution in [0.3, 0.4) is 0 Å². The first-order valence-electron chi connectivity index (χ1n) is 7.33. The van der Waals surface area contributed by atoms with Gasteiger partial charge in [-0.15, -0.1) is 0 Å². The average molecular weight is 295 g/mol. The second kappa shape index (κ2) is 5.97. The van der Waals surface area contributed by atoms with E-state index >= 15 is 0 Å². The molecule has 0 spiro atoms. The van der Waals surface area contributed by atoms with Crippen molar-refractivity contribution in [2.75, 3.05) is 12.3 Å². The molecule has 0 saturated heterocycles. The first-order valence-corrected chi connectivity index (χ1v) is 7.33. The van der Waals surface area contributed by atoms with Crippen LogP contribution in [0.4, 0.5) is 5.69 Å². The van der Waals surface area contributed by atoms with E-state index in [1.54, 1.807) is 18.2 Å². The molecule has 0 fully saturated rings. The Kier molecular flexibility index (Phi) is 3.87. The highest BCUT2D eigenvalue weighted by Crippen LogP contribution is 2.23. The number of fused-ring (bicyclic) bond motifs is 2. The fourth-order valence-electron chi connectivity index (χ4n) is 2.29. The Morgan fingerprint density at radius 1 is 1.09 bits per heavy atom. The maximum atomic E-state index is 12.2. The quantitative estimate of drug-likeness (QED) is 0.346. The van der Waals surface area contributed by atoms with Crippen molar-refractivity contribution in [1.29, 1.82) is 0 Å². The topological polar surface area (TPSA) is 78.1 Å². The van der Waals surface area contributed by atoms with E-state index < -0.39 is 0 Å². The van der Waals surface area contributed by atoms with E-state index in [0.717, 1.165) is 12.8 Å². The molecule has 1 heterocycles. The molecule has 22 heavy (non-hydrogen) atoms. The summed E-state index contributed by atoms with van der Waals surface area (Å²) in [5.74, 6) is -0.364. The molecule has 0 atom stereocenters. The number of carbonyl (C=O) groups is 1. The summed E-state index contributed by atoms with van der Waals surface area (Å²) in [4.78, 5) is 21.3. The van der Waals surface area contributed by atoms with E-state index in [4.69, 9.17) is 10.5 Å². The zero-order valence-electron chi connectivity index (χ0n) is 12.4. The highest BCUT2D eigenvalue weighted by molar-refractivity contribution is 6.04. The Hall–Kier alpha value is -2.69. The van der Waals surface area contributed by atoms with Crippen molar-refractivity contribution in [1.82, 2.24) is 9.97 Å². The van der Waals surface area contributed by atoms with Crippen LogP contribution in [-0.4, -0.2) is 22.5 Å². The van der Waals surface area contributed by atoms with Crippen LogP contribution in [0.15, 0.2) is 36.4 Å². The lowest BCUT2D eigenvalue weighted by molar-refractivity contribution is 0.0502. The van der Waals surface area contributed by atoms with Crippen LogP contribution in [0.25, 0.3) is 22.1 Å². The molecule has 0 aliphatic heterocycles. The summed E-state index contributed by atoms with van der Waals surface area (Å²) in [5, 5.41) is 0. The Labute approximate surface area is 128 Å². The van der Waals surface area contributed by atoms with Crippen molar-refractivity contribution in [3.05, 3.63) is 42.0 Å². The number of carbonyl (C=O) groups excluding carboxylic acids is 1. The third kappa shape index (κ3) is 2.57. The van der Waals surface area contributed by atoms with Gasteiger partial charge < -0.3 is 10.5 Å². The predicted octanol–water partition coefficient (Wildman–Crippen LogP) is 3.32. The minimum Gasteiger partial charge on any atom is -0.462 e. The first kappa shape index (κ1) is 14.3. The zero-order valence-corrected chi connectivity index (χ0v) is 12.4. The third-order valence-corrected chi connectivity index (χ3v) is 3.48. The second-order valence-corrected chi connectivity index (χ2v) is 5.10. The smallest absolute Gasteiger partial charge is 0.340 e. The van der Waals surface area contributed by atoms with Crippen LogP contribution in [0.1, 0.15) is 30.1 Å². The summed E-state index contributed by atoms with van der Waals surface area (Å²) in [6.07, 6.45) is 1.83. The molecule has 2 aromatic carbocycles. The van der Waals surface area contributed by atoms with Crippen molar-refractivity contribution in [2.45, 2.75) is 19.8 Å². The van der Waals surface area contributed by atoms with Gasteiger partial charge in [-0.1, -0.05) is 25.5 Å². The fraction of sp³-hybridized carbons (Fsp3) is 0.235. The standard InChI is InChI=1S/C17H17N3O2/c1-2-3-10-22-17(21)11-6-4-8-13-15(11)19-14-9-5-7-12(18)16(14)20-13/h4-9H,2-3,10,18H2,1H3. The minimum absolute atomic E-state index is 0.364. The number of nitrogens with zero attached hydrogens (tertiary/aromatic N) is 2. The van der Waals surface area contributed by atoms with Gasteiger partial charge in [0.25, 0.3) is 0 Å². The number of nitrogen functional groups attached to an aromatic ring is 1. The number of nitrogens with two attached hydrogens (primary N) is 1. The number of esters is 1. The minimum atomic E-state index is -0.364. The zero-order chi connectivity index (χ0) is 15.5. The lowest BCUT2D eigenvalue weighted by Crippen LogP contribution is -2.08. The van der Waals surface area contributed by atoms with E-state index in [-0.39, 0.29) is 5.97 Å². The molecular weight excluding hydrogens is 278 g/mol. The van der Waals surface area contributed by atoms with Gasteiger partial charge >= 0.3 is 5.97 Å². The van der Waals surface area contributed by atoms with Crippen LogP contribution in [0, 0.1) is 0 Å². The van der Waals surface area contributed by atoms with Gasteiger partial charge in [0.1, 0.15) is 11.0 Å². The fourth-order valence-corrected chi connectivity index (χ4v) is 2.29. The molecule has 2 N–H and O–H groups in total. The maximum absolute atomic E-state index is 12.2. The summed E-state index contributed by atoms with van der Waals surface area (Å²) >= 11 is 0. The van der Waals surface area contributed by atoms with E-state index in [2.05, 4.69) is 9.97 Å². The normalized spacial score (nSPS) is 11.0. The Bertz CT molecular complexity index is 846. The van der Waals surface area contributed by atoms with Crippen LogP contribution in [-0.2, 0) is 4.74 Å². The number of aromatic nitrogens is 2. The number of hydrogen-bond acceptors (Lipinski definition) is 5. The largest absolute Gasteiger partial charge is 0.462 e. The van der Waals surface area contributed by atoms with Gasteiger partial charge in [0.05, 0.1) is 28.9 Å². The average Bonchev–Trinajstić information content (AvgIpc) is 2.53. The first-order chi connectivity index (χ1) is 10.7.